The fraction of sp³-hybridized carbons (Fsp3) is 0.350. The van der Waals surface area contributed by atoms with Crippen LogP contribution in [0.25, 0.3) is 0 Å². The Kier molecular flexibility index (Phi) is 7.24. The van der Waals surface area contributed by atoms with Crippen molar-refractivity contribution < 1.29 is 17.9 Å². The third kappa shape index (κ3) is 5.47. The minimum atomic E-state index is -3.63. The van der Waals surface area contributed by atoms with Crippen molar-refractivity contribution >= 4 is 21.6 Å². The Bertz CT molecular complexity index is 853. The van der Waals surface area contributed by atoms with Crippen LogP contribution in [-0.4, -0.2) is 33.2 Å². The van der Waals surface area contributed by atoms with E-state index in [-0.39, 0.29) is 12.5 Å². The van der Waals surface area contributed by atoms with Gasteiger partial charge in [0, 0.05) is 12.1 Å². The molecule has 2 rings (SSSR count). The standard InChI is InChI=1S/C20H26N2O4S/c1-4-18(22(27(3,24)25)17-12-7-6-8-13-17)20(23)21-15-16-11-9-10-14-19(16)26-5-2/h6-14,18H,4-5,15H2,1-3H3,(H,21,23)/t18-/m1/s1. The Hall–Kier alpha value is -2.54. The number of sulfonamides is 1. The molecule has 1 N–H and O–H groups in total. The van der Waals surface area contributed by atoms with Crippen LogP contribution in [0.2, 0.25) is 0 Å². The molecule has 6 nitrogen and oxygen atoms in total. The number of benzene rings is 2. The molecule has 0 spiro atoms. The quantitative estimate of drug-likeness (QED) is 0.714. The zero-order valence-corrected chi connectivity index (χ0v) is 16.7. The summed E-state index contributed by atoms with van der Waals surface area (Å²) in [4.78, 5) is 12.8. The van der Waals surface area contributed by atoms with Crippen molar-refractivity contribution in [1.29, 1.82) is 0 Å². The van der Waals surface area contributed by atoms with E-state index < -0.39 is 16.1 Å². The molecule has 2 aromatic carbocycles. The molecule has 0 bridgehead atoms. The molecule has 7 heteroatoms. The van der Waals surface area contributed by atoms with E-state index in [1.54, 1.807) is 37.3 Å². The van der Waals surface area contributed by atoms with Crippen molar-refractivity contribution in [2.75, 3.05) is 17.2 Å². The van der Waals surface area contributed by atoms with Gasteiger partial charge in [-0.2, -0.15) is 0 Å². The van der Waals surface area contributed by atoms with Gasteiger partial charge < -0.3 is 10.1 Å². The van der Waals surface area contributed by atoms with Crippen molar-refractivity contribution in [3.8, 4) is 5.75 Å². The molecule has 2 aromatic rings. The third-order valence-corrected chi connectivity index (χ3v) is 5.25. The van der Waals surface area contributed by atoms with Crippen LogP contribution in [0, 0.1) is 0 Å². The van der Waals surface area contributed by atoms with Gasteiger partial charge in [0.25, 0.3) is 0 Å². The van der Waals surface area contributed by atoms with Gasteiger partial charge in [-0.05, 0) is 31.5 Å². The first-order valence-electron chi connectivity index (χ1n) is 8.91. The number of anilines is 1. The molecule has 0 aliphatic rings. The number of para-hydroxylation sites is 2. The van der Waals surface area contributed by atoms with Gasteiger partial charge in [-0.3, -0.25) is 9.10 Å². The second kappa shape index (κ2) is 9.41. The number of nitrogens with zero attached hydrogens (tertiary/aromatic N) is 1. The predicted octanol–water partition coefficient (Wildman–Crippen LogP) is 2.95. The molecule has 0 aliphatic carbocycles. The molecule has 0 fully saturated rings. The second-order valence-electron chi connectivity index (χ2n) is 6.08. The molecule has 1 atom stereocenters. The summed E-state index contributed by atoms with van der Waals surface area (Å²) >= 11 is 0. The van der Waals surface area contributed by atoms with E-state index >= 15 is 0 Å². The van der Waals surface area contributed by atoms with Crippen molar-refractivity contribution in [2.45, 2.75) is 32.9 Å². The third-order valence-electron chi connectivity index (χ3n) is 4.07. The Morgan fingerprint density at radius 3 is 2.30 bits per heavy atom. The Labute approximate surface area is 161 Å². The highest BCUT2D eigenvalue weighted by Crippen LogP contribution is 2.22. The highest BCUT2D eigenvalue weighted by molar-refractivity contribution is 7.92. The summed E-state index contributed by atoms with van der Waals surface area (Å²) in [6.45, 7) is 4.47. The van der Waals surface area contributed by atoms with Crippen LogP contribution in [0.4, 0.5) is 5.69 Å². The van der Waals surface area contributed by atoms with E-state index in [0.717, 1.165) is 11.8 Å². The largest absolute Gasteiger partial charge is 0.494 e. The fourth-order valence-electron chi connectivity index (χ4n) is 2.88. The highest BCUT2D eigenvalue weighted by Gasteiger charge is 2.31. The Balaban J connectivity index is 2.21. The van der Waals surface area contributed by atoms with Gasteiger partial charge in [-0.1, -0.05) is 43.3 Å². The highest BCUT2D eigenvalue weighted by atomic mass is 32.2. The minimum Gasteiger partial charge on any atom is -0.494 e. The monoisotopic (exact) mass is 390 g/mol. The van der Waals surface area contributed by atoms with Gasteiger partial charge in [-0.25, -0.2) is 8.42 Å². The zero-order chi connectivity index (χ0) is 19.9. The summed E-state index contributed by atoms with van der Waals surface area (Å²) in [5.74, 6) is 0.356. The number of ether oxygens (including phenoxy) is 1. The van der Waals surface area contributed by atoms with E-state index in [4.69, 9.17) is 4.74 Å². The molecule has 0 saturated carbocycles. The van der Waals surface area contributed by atoms with Crippen molar-refractivity contribution in [3.05, 3.63) is 60.2 Å². The second-order valence-corrected chi connectivity index (χ2v) is 7.94. The number of hydrogen-bond donors (Lipinski definition) is 1. The maximum Gasteiger partial charge on any atom is 0.244 e. The van der Waals surface area contributed by atoms with E-state index in [2.05, 4.69) is 5.32 Å². The summed E-state index contributed by atoms with van der Waals surface area (Å²) in [6.07, 6.45) is 1.46. The molecule has 0 unspecified atom stereocenters. The smallest absolute Gasteiger partial charge is 0.244 e. The zero-order valence-electron chi connectivity index (χ0n) is 15.9. The summed E-state index contributed by atoms with van der Waals surface area (Å²) < 4.78 is 31.5. The van der Waals surface area contributed by atoms with Crippen LogP contribution < -0.4 is 14.4 Å². The number of amides is 1. The van der Waals surface area contributed by atoms with Crippen LogP contribution in [-0.2, 0) is 21.4 Å². The topological polar surface area (TPSA) is 75.7 Å². The van der Waals surface area contributed by atoms with Gasteiger partial charge in [0.1, 0.15) is 11.8 Å². The maximum absolute atomic E-state index is 12.8. The molecular weight excluding hydrogens is 364 g/mol. The van der Waals surface area contributed by atoms with Crippen LogP contribution in [0.3, 0.4) is 0 Å². The number of carbonyl (C=O) groups is 1. The first-order chi connectivity index (χ1) is 12.9. The van der Waals surface area contributed by atoms with Crippen LogP contribution >= 0.6 is 0 Å². The van der Waals surface area contributed by atoms with Crippen molar-refractivity contribution in [3.63, 3.8) is 0 Å². The summed E-state index contributed by atoms with van der Waals surface area (Å²) in [5, 5.41) is 2.85. The van der Waals surface area contributed by atoms with Crippen molar-refractivity contribution in [2.24, 2.45) is 0 Å². The number of nitrogens with one attached hydrogen (secondary N) is 1. The van der Waals surface area contributed by atoms with Crippen molar-refractivity contribution in [1.82, 2.24) is 5.32 Å². The van der Waals surface area contributed by atoms with Crippen LogP contribution in [0.1, 0.15) is 25.8 Å². The van der Waals surface area contributed by atoms with Gasteiger partial charge >= 0.3 is 0 Å². The Morgan fingerprint density at radius 1 is 1.07 bits per heavy atom. The average molecular weight is 391 g/mol. The first-order valence-corrected chi connectivity index (χ1v) is 10.8. The summed E-state index contributed by atoms with van der Waals surface area (Å²) in [6, 6.07) is 15.3. The average Bonchev–Trinajstić information content (AvgIpc) is 2.65. The lowest BCUT2D eigenvalue weighted by atomic mass is 10.1. The lowest BCUT2D eigenvalue weighted by molar-refractivity contribution is -0.122. The van der Waals surface area contributed by atoms with E-state index in [9.17, 15) is 13.2 Å². The first kappa shape index (κ1) is 20.8. The number of hydrogen-bond acceptors (Lipinski definition) is 4. The van der Waals surface area contributed by atoms with Gasteiger partial charge in [0.2, 0.25) is 15.9 Å². The molecule has 0 saturated heterocycles. The number of carbonyl (C=O) groups excluding carboxylic acids is 1. The molecule has 0 aromatic heterocycles. The number of rotatable bonds is 9. The minimum absolute atomic E-state index is 0.262. The SMILES string of the molecule is CCOc1ccccc1CNC(=O)[C@@H](CC)N(c1ccccc1)S(C)(=O)=O. The molecule has 1 amide bonds. The van der Waals surface area contributed by atoms with E-state index in [0.29, 0.717) is 24.5 Å². The molecule has 27 heavy (non-hydrogen) atoms. The van der Waals surface area contributed by atoms with Crippen LogP contribution in [0.15, 0.2) is 54.6 Å². The van der Waals surface area contributed by atoms with Gasteiger partial charge in [0.05, 0.1) is 18.6 Å². The molecule has 0 radical (unpaired) electrons. The Morgan fingerprint density at radius 2 is 1.70 bits per heavy atom. The fourth-order valence-corrected chi connectivity index (χ4v) is 4.09. The normalized spacial score (nSPS) is 12.3. The van der Waals surface area contributed by atoms with Crippen LogP contribution in [0.5, 0.6) is 5.75 Å². The van der Waals surface area contributed by atoms with E-state index in [1.165, 1.54) is 4.31 Å². The predicted molar refractivity (Wildman–Crippen MR) is 107 cm³/mol. The molecule has 0 heterocycles. The summed E-state index contributed by atoms with van der Waals surface area (Å²) in [5.41, 5.74) is 1.31. The van der Waals surface area contributed by atoms with Gasteiger partial charge in [-0.15, -0.1) is 0 Å². The van der Waals surface area contributed by atoms with E-state index in [1.807, 2.05) is 31.2 Å². The molecule has 146 valence electrons. The molecular formula is C20H26N2O4S. The molecule has 0 aliphatic heterocycles. The maximum atomic E-state index is 12.8. The summed E-state index contributed by atoms with van der Waals surface area (Å²) in [7, 11) is -3.63. The lowest BCUT2D eigenvalue weighted by Gasteiger charge is -2.30. The lowest BCUT2D eigenvalue weighted by Crippen LogP contribution is -2.49. The van der Waals surface area contributed by atoms with Gasteiger partial charge in [0.15, 0.2) is 0 Å².